The van der Waals surface area contributed by atoms with Crippen molar-refractivity contribution in [3.63, 3.8) is 0 Å². The van der Waals surface area contributed by atoms with E-state index in [1.807, 2.05) is 0 Å². The maximum Gasteiger partial charge on any atom is 0.282 e. The lowest BCUT2D eigenvalue weighted by atomic mass is 10.1. The molecule has 0 spiro atoms. The highest BCUT2D eigenvalue weighted by atomic mass is 16.6. The maximum absolute atomic E-state index is 11.8. The van der Waals surface area contributed by atoms with Crippen LogP contribution in [0.5, 0.6) is 0 Å². The van der Waals surface area contributed by atoms with Gasteiger partial charge in [0.05, 0.1) is 17.7 Å². The Bertz CT molecular complexity index is 563. The topological polar surface area (TPSA) is 85.4 Å². The summed E-state index contributed by atoms with van der Waals surface area (Å²) < 4.78 is 5.05. The molecule has 0 unspecified atom stereocenters. The molecule has 0 radical (unpaired) electrons. The molecule has 0 saturated carbocycles. The van der Waals surface area contributed by atoms with Gasteiger partial charge in [0.15, 0.2) is 0 Å². The van der Waals surface area contributed by atoms with Gasteiger partial charge in [-0.2, -0.15) is 0 Å². The van der Waals surface area contributed by atoms with Crippen molar-refractivity contribution < 1.29 is 14.1 Å². The van der Waals surface area contributed by atoms with E-state index in [9.17, 15) is 14.9 Å². The lowest BCUT2D eigenvalue weighted by molar-refractivity contribution is -0.385. The second kappa shape index (κ2) is 5.13. The van der Waals surface area contributed by atoms with Crippen LogP contribution < -0.4 is 5.32 Å². The molecule has 1 heterocycles. The van der Waals surface area contributed by atoms with Crippen molar-refractivity contribution in [3.8, 4) is 0 Å². The fourth-order valence-corrected chi connectivity index (χ4v) is 1.50. The SMILES string of the molecule is O=C(NCc1ccco1)c1ccccc1[N+](=O)[O-]. The van der Waals surface area contributed by atoms with Crippen LogP contribution >= 0.6 is 0 Å². The minimum atomic E-state index is -0.582. The van der Waals surface area contributed by atoms with Crippen molar-refractivity contribution in [1.82, 2.24) is 5.32 Å². The van der Waals surface area contributed by atoms with E-state index in [4.69, 9.17) is 4.42 Å². The number of amides is 1. The number of furan rings is 1. The molecule has 92 valence electrons. The van der Waals surface area contributed by atoms with Crippen LogP contribution in [0.1, 0.15) is 16.1 Å². The summed E-state index contributed by atoms with van der Waals surface area (Å²) in [6, 6.07) is 9.21. The first kappa shape index (κ1) is 11.8. The molecule has 0 aliphatic rings. The molecule has 0 aliphatic heterocycles. The monoisotopic (exact) mass is 246 g/mol. The molecule has 0 saturated heterocycles. The van der Waals surface area contributed by atoms with Crippen LogP contribution in [0.3, 0.4) is 0 Å². The molecule has 1 aromatic heterocycles. The number of hydrogen-bond acceptors (Lipinski definition) is 4. The number of nitrogens with zero attached hydrogens (tertiary/aromatic N) is 1. The van der Waals surface area contributed by atoms with Crippen LogP contribution in [0.15, 0.2) is 47.1 Å². The third-order valence-electron chi connectivity index (χ3n) is 2.35. The van der Waals surface area contributed by atoms with Crippen molar-refractivity contribution in [2.24, 2.45) is 0 Å². The molecule has 6 heteroatoms. The molecule has 0 aliphatic carbocycles. The fourth-order valence-electron chi connectivity index (χ4n) is 1.50. The van der Waals surface area contributed by atoms with Gasteiger partial charge in [0.25, 0.3) is 11.6 Å². The molecule has 1 amide bonds. The van der Waals surface area contributed by atoms with E-state index in [1.165, 1.54) is 24.5 Å². The zero-order valence-electron chi connectivity index (χ0n) is 9.33. The predicted molar refractivity (Wildman–Crippen MR) is 63.0 cm³/mol. The van der Waals surface area contributed by atoms with Gasteiger partial charge in [-0.3, -0.25) is 14.9 Å². The normalized spacial score (nSPS) is 10.0. The number of hydrogen-bond donors (Lipinski definition) is 1. The third-order valence-corrected chi connectivity index (χ3v) is 2.35. The number of carbonyl (C=O) groups excluding carboxylic acids is 1. The van der Waals surface area contributed by atoms with Gasteiger partial charge in [0.1, 0.15) is 11.3 Å². The molecule has 18 heavy (non-hydrogen) atoms. The van der Waals surface area contributed by atoms with Crippen molar-refractivity contribution >= 4 is 11.6 Å². The summed E-state index contributed by atoms with van der Waals surface area (Å²) in [7, 11) is 0. The summed E-state index contributed by atoms with van der Waals surface area (Å²) in [5, 5.41) is 13.3. The number of carbonyl (C=O) groups is 1. The highest BCUT2D eigenvalue weighted by Crippen LogP contribution is 2.17. The van der Waals surface area contributed by atoms with E-state index >= 15 is 0 Å². The highest BCUT2D eigenvalue weighted by Gasteiger charge is 2.18. The van der Waals surface area contributed by atoms with E-state index in [0.717, 1.165) is 0 Å². The Hall–Kier alpha value is -2.63. The Balaban J connectivity index is 2.11. The zero-order chi connectivity index (χ0) is 13.0. The molecule has 6 nitrogen and oxygen atoms in total. The van der Waals surface area contributed by atoms with Crippen LogP contribution in [0.25, 0.3) is 0 Å². The minimum absolute atomic E-state index is 0.0362. The Morgan fingerprint density at radius 2 is 2.06 bits per heavy atom. The van der Waals surface area contributed by atoms with Crippen molar-refractivity contribution in [2.45, 2.75) is 6.54 Å². The minimum Gasteiger partial charge on any atom is -0.467 e. The zero-order valence-corrected chi connectivity index (χ0v) is 9.33. The van der Waals surface area contributed by atoms with E-state index < -0.39 is 10.8 Å². The molecule has 0 atom stereocenters. The number of nitrogens with one attached hydrogen (secondary N) is 1. The van der Waals surface area contributed by atoms with Gasteiger partial charge >= 0.3 is 0 Å². The van der Waals surface area contributed by atoms with Gasteiger partial charge in [0.2, 0.25) is 0 Å². The standard InChI is InChI=1S/C12H10N2O4/c15-12(13-8-9-4-3-7-18-9)10-5-1-2-6-11(10)14(16)17/h1-7H,8H2,(H,13,15). The van der Waals surface area contributed by atoms with Crippen molar-refractivity contribution in [2.75, 3.05) is 0 Å². The highest BCUT2D eigenvalue weighted by molar-refractivity contribution is 5.97. The Kier molecular flexibility index (Phi) is 3.38. The number of para-hydroxylation sites is 1. The summed E-state index contributed by atoms with van der Waals surface area (Å²) in [5.41, 5.74) is -0.177. The van der Waals surface area contributed by atoms with Gasteiger partial charge in [-0.05, 0) is 18.2 Å². The number of nitro benzene ring substituents is 1. The molecule has 2 aromatic rings. The summed E-state index contributed by atoms with van der Waals surface area (Å²) in [6.07, 6.45) is 1.49. The first-order valence-corrected chi connectivity index (χ1v) is 5.22. The van der Waals surface area contributed by atoms with Gasteiger partial charge in [0, 0.05) is 6.07 Å². The first-order chi connectivity index (χ1) is 8.68. The van der Waals surface area contributed by atoms with Crippen LogP contribution in [-0.2, 0) is 6.54 Å². The Morgan fingerprint density at radius 1 is 1.28 bits per heavy atom. The molecule has 0 fully saturated rings. The van der Waals surface area contributed by atoms with E-state index in [-0.39, 0.29) is 17.8 Å². The van der Waals surface area contributed by atoms with Crippen molar-refractivity contribution in [3.05, 3.63) is 64.1 Å². The first-order valence-electron chi connectivity index (χ1n) is 5.22. The fraction of sp³-hybridized carbons (Fsp3) is 0.0833. The number of rotatable bonds is 4. The smallest absolute Gasteiger partial charge is 0.282 e. The lowest BCUT2D eigenvalue weighted by Gasteiger charge is -2.03. The van der Waals surface area contributed by atoms with Gasteiger partial charge in [-0.1, -0.05) is 12.1 Å². The molecule has 0 bridgehead atoms. The Labute approximate surface area is 102 Å². The summed E-state index contributed by atoms with van der Waals surface area (Å²) >= 11 is 0. The van der Waals surface area contributed by atoms with Gasteiger partial charge in [-0.15, -0.1) is 0 Å². The second-order valence-electron chi connectivity index (χ2n) is 3.54. The largest absolute Gasteiger partial charge is 0.467 e. The average molecular weight is 246 g/mol. The average Bonchev–Trinajstić information content (AvgIpc) is 2.89. The summed E-state index contributed by atoms with van der Waals surface area (Å²) in [6.45, 7) is 0.192. The van der Waals surface area contributed by atoms with E-state index in [0.29, 0.717) is 5.76 Å². The van der Waals surface area contributed by atoms with Crippen LogP contribution in [-0.4, -0.2) is 10.8 Å². The summed E-state index contributed by atoms with van der Waals surface area (Å²) in [4.78, 5) is 22.0. The number of benzene rings is 1. The molecule has 1 N–H and O–H groups in total. The number of nitro groups is 1. The summed E-state index contributed by atoms with van der Waals surface area (Å²) in [5.74, 6) is 0.0839. The van der Waals surface area contributed by atoms with Gasteiger partial charge < -0.3 is 9.73 Å². The van der Waals surface area contributed by atoms with Gasteiger partial charge in [-0.25, -0.2) is 0 Å². The Morgan fingerprint density at radius 3 is 2.72 bits per heavy atom. The van der Waals surface area contributed by atoms with Crippen LogP contribution in [0.4, 0.5) is 5.69 Å². The maximum atomic E-state index is 11.8. The molecular weight excluding hydrogens is 236 g/mol. The molecular formula is C12H10N2O4. The predicted octanol–water partition coefficient (Wildman–Crippen LogP) is 2.12. The quantitative estimate of drug-likeness (QED) is 0.661. The van der Waals surface area contributed by atoms with Crippen LogP contribution in [0, 0.1) is 10.1 Å². The van der Waals surface area contributed by atoms with E-state index in [2.05, 4.69) is 5.32 Å². The molecule has 2 rings (SSSR count). The molecule has 1 aromatic carbocycles. The van der Waals surface area contributed by atoms with E-state index in [1.54, 1.807) is 18.2 Å². The third kappa shape index (κ3) is 2.54. The van der Waals surface area contributed by atoms with Crippen molar-refractivity contribution in [1.29, 1.82) is 0 Å². The van der Waals surface area contributed by atoms with Crippen LogP contribution in [0.2, 0.25) is 0 Å². The second-order valence-corrected chi connectivity index (χ2v) is 3.54. The lowest BCUT2D eigenvalue weighted by Crippen LogP contribution is -2.23.